The van der Waals surface area contributed by atoms with Crippen molar-refractivity contribution in [1.82, 2.24) is 4.57 Å². The number of carbonyl (C=O) groups is 1. The second-order valence-electron chi connectivity index (χ2n) is 6.99. The van der Waals surface area contributed by atoms with Gasteiger partial charge in [-0.1, -0.05) is 55.5 Å². The number of rotatable bonds is 7. The number of aromatic carboxylic acids is 1. The second-order valence-corrected chi connectivity index (χ2v) is 6.99. The summed E-state index contributed by atoms with van der Waals surface area (Å²) in [5.74, 6) is -0.911. The molecule has 3 heteroatoms. The molecule has 0 unspecified atom stereocenters. The lowest BCUT2D eigenvalue weighted by atomic mass is 10.0. The van der Waals surface area contributed by atoms with Crippen molar-refractivity contribution in [2.24, 2.45) is 0 Å². The van der Waals surface area contributed by atoms with E-state index in [0.29, 0.717) is 5.56 Å². The highest BCUT2D eigenvalue weighted by Crippen LogP contribution is 2.34. The Hall–Kier alpha value is -3.33. The average molecular weight is 386 g/mol. The Morgan fingerprint density at radius 3 is 2.34 bits per heavy atom. The summed E-state index contributed by atoms with van der Waals surface area (Å²) in [6.45, 7) is 6.31. The maximum atomic E-state index is 11.3. The Morgan fingerprint density at radius 1 is 1.07 bits per heavy atom. The van der Waals surface area contributed by atoms with Crippen molar-refractivity contribution in [2.75, 3.05) is 0 Å². The van der Waals surface area contributed by atoms with E-state index in [-0.39, 0.29) is 0 Å². The van der Waals surface area contributed by atoms with E-state index in [0.717, 1.165) is 29.9 Å². The summed E-state index contributed by atoms with van der Waals surface area (Å²) < 4.78 is 2.24. The van der Waals surface area contributed by atoms with Crippen LogP contribution in [0.2, 0.25) is 0 Å². The third-order valence-corrected chi connectivity index (χ3v) is 5.06. The van der Waals surface area contributed by atoms with Crippen molar-refractivity contribution < 1.29 is 9.90 Å². The molecule has 0 radical (unpaired) electrons. The number of carboxylic acids is 1. The van der Waals surface area contributed by atoms with Crippen molar-refractivity contribution in [1.29, 1.82) is 0 Å². The van der Waals surface area contributed by atoms with Crippen molar-refractivity contribution >= 4 is 11.5 Å². The molecule has 0 saturated carbocycles. The quantitative estimate of drug-likeness (QED) is 0.449. The third kappa shape index (κ3) is 4.40. The summed E-state index contributed by atoms with van der Waals surface area (Å²) in [4.78, 5) is 11.3. The van der Waals surface area contributed by atoms with Crippen molar-refractivity contribution in [2.45, 2.75) is 33.6 Å². The molecule has 2 aromatic carbocycles. The summed E-state index contributed by atoms with van der Waals surface area (Å²) in [6.07, 6.45) is 8.32. The fourth-order valence-electron chi connectivity index (χ4n) is 3.62. The lowest BCUT2D eigenvalue weighted by Crippen LogP contribution is -2.03. The molecule has 0 spiro atoms. The van der Waals surface area contributed by atoms with Crippen LogP contribution in [0.25, 0.3) is 22.4 Å². The van der Waals surface area contributed by atoms with Gasteiger partial charge in [-0.3, -0.25) is 0 Å². The molecule has 1 aromatic heterocycles. The first-order valence-corrected chi connectivity index (χ1v) is 9.98. The fourth-order valence-corrected chi connectivity index (χ4v) is 3.62. The molecule has 0 atom stereocenters. The predicted octanol–water partition coefficient (Wildman–Crippen LogP) is 6.91. The Bertz CT molecular complexity index is 1040. The molecule has 1 heterocycles. The molecule has 0 fully saturated rings. The smallest absolute Gasteiger partial charge is 0.335 e. The van der Waals surface area contributed by atoms with Crippen LogP contribution in [0.15, 0.2) is 78.9 Å². The van der Waals surface area contributed by atoms with Crippen LogP contribution in [0.3, 0.4) is 0 Å². The number of aromatic nitrogens is 1. The molecular formula is C26H27NO2. The summed E-state index contributed by atoms with van der Waals surface area (Å²) in [5.41, 5.74) is 7.16. The van der Waals surface area contributed by atoms with Crippen LogP contribution in [0.1, 0.15) is 48.4 Å². The SMILES string of the molecule is C/C=C\C/C(=C\CC)c1cc(-c2ccccc2)c(C)n1-c1ccc(C(=O)O)cc1. The first-order chi connectivity index (χ1) is 14.1. The molecule has 148 valence electrons. The van der Waals surface area contributed by atoms with Gasteiger partial charge in [0.1, 0.15) is 0 Å². The predicted molar refractivity (Wildman–Crippen MR) is 121 cm³/mol. The summed E-state index contributed by atoms with van der Waals surface area (Å²) >= 11 is 0. The van der Waals surface area contributed by atoms with Gasteiger partial charge < -0.3 is 9.67 Å². The Morgan fingerprint density at radius 2 is 1.76 bits per heavy atom. The summed E-state index contributed by atoms with van der Waals surface area (Å²) in [5, 5.41) is 9.24. The van der Waals surface area contributed by atoms with E-state index in [4.69, 9.17) is 0 Å². The molecular weight excluding hydrogens is 358 g/mol. The van der Waals surface area contributed by atoms with Gasteiger partial charge in [-0.25, -0.2) is 4.79 Å². The van der Waals surface area contributed by atoms with Crippen molar-refractivity contribution in [3.63, 3.8) is 0 Å². The maximum absolute atomic E-state index is 11.3. The molecule has 3 rings (SSSR count). The molecule has 29 heavy (non-hydrogen) atoms. The van der Waals surface area contributed by atoms with Crippen LogP contribution in [-0.4, -0.2) is 15.6 Å². The van der Waals surface area contributed by atoms with E-state index < -0.39 is 5.97 Å². The molecule has 0 aliphatic carbocycles. The average Bonchev–Trinajstić information content (AvgIpc) is 3.08. The first kappa shape index (κ1) is 20.4. The van der Waals surface area contributed by atoms with E-state index >= 15 is 0 Å². The zero-order valence-corrected chi connectivity index (χ0v) is 17.2. The van der Waals surface area contributed by atoms with Crippen LogP contribution in [0.4, 0.5) is 0 Å². The van der Waals surface area contributed by atoms with Gasteiger partial charge in [0.25, 0.3) is 0 Å². The van der Waals surface area contributed by atoms with E-state index in [1.54, 1.807) is 12.1 Å². The van der Waals surface area contributed by atoms with E-state index in [9.17, 15) is 9.90 Å². The van der Waals surface area contributed by atoms with E-state index in [1.807, 2.05) is 25.1 Å². The Kier molecular flexibility index (Phi) is 6.50. The highest BCUT2D eigenvalue weighted by atomic mass is 16.4. The molecule has 0 aliphatic heterocycles. The van der Waals surface area contributed by atoms with Gasteiger partial charge in [-0.05, 0) is 68.2 Å². The highest BCUT2D eigenvalue weighted by molar-refractivity contribution is 5.88. The van der Waals surface area contributed by atoms with Crippen LogP contribution < -0.4 is 0 Å². The van der Waals surface area contributed by atoms with E-state index in [2.05, 4.69) is 67.0 Å². The molecule has 0 bridgehead atoms. The Labute approximate surface area is 172 Å². The van der Waals surface area contributed by atoms with Gasteiger partial charge >= 0.3 is 5.97 Å². The molecule has 0 amide bonds. The fraction of sp³-hybridized carbons (Fsp3) is 0.192. The van der Waals surface area contributed by atoms with E-state index in [1.165, 1.54) is 16.7 Å². The number of benzene rings is 2. The molecule has 3 nitrogen and oxygen atoms in total. The number of nitrogens with zero attached hydrogens (tertiary/aromatic N) is 1. The number of hydrogen-bond donors (Lipinski definition) is 1. The van der Waals surface area contributed by atoms with Crippen LogP contribution in [0.5, 0.6) is 0 Å². The first-order valence-electron chi connectivity index (χ1n) is 9.98. The second kappa shape index (κ2) is 9.24. The highest BCUT2D eigenvalue weighted by Gasteiger charge is 2.17. The Balaban J connectivity index is 2.22. The topological polar surface area (TPSA) is 42.2 Å². The largest absolute Gasteiger partial charge is 0.478 e. The zero-order chi connectivity index (χ0) is 20.8. The molecule has 1 N–H and O–H groups in total. The third-order valence-electron chi connectivity index (χ3n) is 5.06. The van der Waals surface area contributed by atoms with Gasteiger partial charge in [0.15, 0.2) is 0 Å². The van der Waals surface area contributed by atoms with Crippen molar-refractivity contribution in [3.8, 4) is 16.8 Å². The molecule has 0 saturated heterocycles. The standard InChI is InChI=1S/C26H27NO2/c1-4-6-11-21(10-5-2)25-18-24(20-12-8-7-9-13-20)19(3)27(25)23-16-14-22(15-17-23)26(28)29/h4,6-10,12-18H,5,11H2,1-3H3,(H,28,29)/b6-4-,21-10+. The molecule has 0 aliphatic rings. The maximum Gasteiger partial charge on any atom is 0.335 e. The van der Waals surface area contributed by atoms with Gasteiger partial charge in [0.2, 0.25) is 0 Å². The lowest BCUT2D eigenvalue weighted by Gasteiger charge is -2.14. The van der Waals surface area contributed by atoms with Crippen LogP contribution >= 0.6 is 0 Å². The van der Waals surface area contributed by atoms with Crippen molar-refractivity contribution in [3.05, 3.63) is 95.8 Å². The monoisotopic (exact) mass is 385 g/mol. The van der Waals surface area contributed by atoms with Gasteiger partial charge in [0, 0.05) is 22.6 Å². The van der Waals surface area contributed by atoms with Gasteiger partial charge in [-0.15, -0.1) is 0 Å². The minimum atomic E-state index is -0.911. The number of allylic oxidation sites excluding steroid dienone is 4. The minimum absolute atomic E-state index is 0.293. The number of hydrogen-bond acceptors (Lipinski definition) is 1. The zero-order valence-electron chi connectivity index (χ0n) is 17.2. The molecule has 3 aromatic rings. The van der Waals surface area contributed by atoms with Gasteiger partial charge in [0.05, 0.1) is 5.56 Å². The van der Waals surface area contributed by atoms with Gasteiger partial charge in [-0.2, -0.15) is 0 Å². The van der Waals surface area contributed by atoms with Crippen LogP contribution in [-0.2, 0) is 0 Å². The lowest BCUT2D eigenvalue weighted by molar-refractivity contribution is 0.0697. The van der Waals surface area contributed by atoms with Crippen LogP contribution in [0, 0.1) is 6.92 Å². The number of carboxylic acid groups (broad SMARTS) is 1. The normalized spacial score (nSPS) is 11.9. The summed E-state index contributed by atoms with van der Waals surface area (Å²) in [6, 6.07) is 19.7. The summed E-state index contributed by atoms with van der Waals surface area (Å²) in [7, 11) is 0. The minimum Gasteiger partial charge on any atom is -0.478 e.